The van der Waals surface area contributed by atoms with Crippen molar-refractivity contribution in [3.8, 4) is 0 Å². The molecule has 0 spiro atoms. The average molecular weight is 281 g/mol. The van der Waals surface area contributed by atoms with Gasteiger partial charge in [-0.3, -0.25) is 4.79 Å². The predicted octanol–water partition coefficient (Wildman–Crippen LogP) is 2.19. The summed E-state index contributed by atoms with van der Waals surface area (Å²) in [5, 5.41) is 6.45. The smallest absolute Gasteiger partial charge is 0.222 e. The zero-order valence-electron chi connectivity index (χ0n) is 11.8. The van der Waals surface area contributed by atoms with Crippen molar-refractivity contribution < 1.29 is 4.79 Å². The van der Waals surface area contributed by atoms with Gasteiger partial charge in [-0.25, -0.2) is 4.98 Å². The fraction of sp³-hybridized carbons (Fsp3) is 0.714. The third-order valence-electron chi connectivity index (χ3n) is 3.72. The van der Waals surface area contributed by atoms with Crippen LogP contribution < -0.4 is 5.32 Å². The fourth-order valence-corrected chi connectivity index (χ4v) is 3.10. The van der Waals surface area contributed by atoms with E-state index in [0.29, 0.717) is 13.0 Å². The Morgan fingerprint density at radius 1 is 1.53 bits per heavy atom. The van der Waals surface area contributed by atoms with Crippen LogP contribution in [0, 0.1) is 12.8 Å². The number of thiazole rings is 1. The number of carbonyl (C=O) groups excluding carboxylic acids is 1. The lowest BCUT2D eigenvalue weighted by Crippen LogP contribution is -2.30. The fourth-order valence-electron chi connectivity index (χ4n) is 2.50. The van der Waals surface area contributed by atoms with E-state index in [2.05, 4.69) is 10.3 Å². The zero-order valence-corrected chi connectivity index (χ0v) is 12.6. The highest BCUT2D eigenvalue weighted by atomic mass is 32.1. The molecule has 0 unspecified atom stereocenters. The third kappa shape index (κ3) is 4.58. The molecule has 1 saturated heterocycles. The second-order valence-corrected chi connectivity index (χ2v) is 6.40. The summed E-state index contributed by atoms with van der Waals surface area (Å²) in [6.07, 6.45) is 4.12. The first-order valence-electron chi connectivity index (χ1n) is 7.01. The number of hydrogen-bond acceptors (Lipinski definition) is 4. The molecule has 1 aliphatic heterocycles. The van der Waals surface area contributed by atoms with E-state index in [-0.39, 0.29) is 5.91 Å². The first kappa shape index (κ1) is 14.5. The maximum atomic E-state index is 12.1. The van der Waals surface area contributed by atoms with Gasteiger partial charge in [0.2, 0.25) is 5.91 Å². The van der Waals surface area contributed by atoms with E-state index in [1.807, 2.05) is 19.4 Å². The van der Waals surface area contributed by atoms with E-state index in [1.54, 1.807) is 16.2 Å². The summed E-state index contributed by atoms with van der Waals surface area (Å²) in [7, 11) is 1.87. The van der Waals surface area contributed by atoms with Gasteiger partial charge < -0.3 is 10.2 Å². The Morgan fingerprint density at radius 3 is 2.89 bits per heavy atom. The van der Waals surface area contributed by atoms with Gasteiger partial charge in [-0.15, -0.1) is 11.3 Å². The van der Waals surface area contributed by atoms with Crippen LogP contribution in [0.5, 0.6) is 0 Å². The summed E-state index contributed by atoms with van der Waals surface area (Å²) < 4.78 is 0. The third-order valence-corrected chi connectivity index (χ3v) is 4.54. The molecule has 2 heterocycles. The van der Waals surface area contributed by atoms with E-state index in [1.165, 1.54) is 12.8 Å². The molecule has 1 N–H and O–H groups in total. The quantitative estimate of drug-likeness (QED) is 0.900. The molecular weight excluding hydrogens is 258 g/mol. The van der Waals surface area contributed by atoms with Crippen LogP contribution in [0.25, 0.3) is 0 Å². The second-order valence-electron chi connectivity index (χ2n) is 5.34. The van der Waals surface area contributed by atoms with Crippen LogP contribution in [-0.2, 0) is 11.3 Å². The van der Waals surface area contributed by atoms with Gasteiger partial charge in [-0.1, -0.05) is 0 Å². The second kappa shape index (κ2) is 7.01. The van der Waals surface area contributed by atoms with Gasteiger partial charge >= 0.3 is 0 Å². The van der Waals surface area contributed by atoms with Crippen LogP contribution in [0.2, 0.25) is 0 Å². The van der Waals surface area contributed by atoms with Crippen molar-refractivity contribution in [2.45, 2.75) is 39.2 Å². The van der Waals surface area contributed by atoms with Gasteiger partial charge in [0.15, 0.2) is 0 Å². The van der Waals surface area contributed by atoms with Gasteiger partial charge in [-0.2, -0.15) is 0 Å². The molecule has 1 aromatic heterocycles. The lowest BCUT2D eigenvalue weighted by Gasteiger charge is -2.23. The van der Waals surface area contributed by atoms with E-state index >= 15 is 0 Å². The number of amides is 1. The number of aromatic nitrogens is 1. The Hall–Kier alpha value is -0.940. The lowest BCUT2D eigenvalue weighted by molar-refractivity contribution is -0.130. The minimum Gasteiger partial charge on any atom is -0.340 e. The highest BCUT2D eigenvalue weighted by Gasteiger charge is 2.16. The summed E-state index contributed by atoms with van der Waals surface area (Å²) in [4.78, 5) is 18.3. The number of carbonyl (C=O) groups is 1. The summed E-state index contributed by atoms with van der Waals surface area (Å²) in [6, 6.07) is 0. The van der Waals surface area contributed by atoms with Crippen molar-refractivity contribution in [2.24, 2.45) is 5.92 Å². The molecule has 0 saturated carbocycles. The Labute approximate surface area is 119 Å². The number of aryl methyl sites for hydroxylation is 1. The molecule has 0 aliphatic carbocycles. The van der Waals surface area contributed by atoms with Crippen molar-refractivity contribution >= 4 is 17.2 Å². The monoisotopic (exact) mass is 281 g/mol. The predicted molar refractivity (Wildman–Crippen MR) is 78.2 cm³/mol. The number of piperidine rings is 1. The van der Waals surface area contributed by atoms with E-state index in [9.17, 15) is 4.79 Å². The van der Waals surface area contributed by atoms with Crippen LogP contribution in [-0.4, -0.2) is 35.9 Å². The molecule has 0 bridgehead atoms. The number of nitrogens with one attached hydrogen (secondary N) is 1. The maximum absolute atomic E-state index is 12.1. The van der Waals surface area contributed by atoms with Crippen molar-refractivity contribution in [3.63, 3.8) is 0 Å². The summed E-state index contributed by atoms with van der Waals surface area (Å²) >= 11 is 1.64. The standard InChI is InChI=1S/C14H23N3OS/c1-11-16-13(10-19-11)9-17(2)14(18)4-3-12-5-7-15-8-6-12/h10,12,15H,3-9H2,1-2H3. The molecule has 1 aliphatic rings. The van der Waals surface area contributed by atoms with E-state index < -0.39 is 0 Å². The number of nitrogens with zero attached hydrogens (tertiary/aromatic N) is 2. The van der Waals surface area contributed by atoms with Crippen LogP contribution >= 0.6 is 11.3 Å². The maximum Gasteiger partial charge on any atom is 0.222 e. The van der Waals surface area contributed by atoms with Gasteiger partial charge in [0, 0.05) is 18.8 Å². The van der Waals surface area contributed by atoms with Gasteiger partial charge in [0.1, 0.15) is 0 Å². The first-order chi connectivity index (χ1) is 9.15. The van der Waals surface area contributed by atoms with Gasteiger partial charge in [0.05, 0.1) is 17.2 Å². The normalized spacial score (nSPS) is 16.5. The van der Waals surface area contributed by atoms with Crippen LogP contribution in [0.3, 0.4) is 0 Å². The SMILES string of the molecule is Cc1nc(CN(C)C(=O)CCC2CCNCC2)cs1. The Morgan fingerprint density at radius 2 is 2.26 bits per heavy atom. The molecule has 2 rings (SSSR count). The molecule has 0 atom stereocenters. The largest absolute Gasteiger partial charge is 0.340 e. The topological polar surface area (TPSA) is 45.2 Å². The van der Waals surface area contributed by atoms with Crippen LogP contribution in [0.4, 0.5) is 0 Å². The molecule has 19 heavy (non-hydrogen) atoms. The molecule has 0 aromatic carbocycles. The molecule has 4 nitrogen and oxygen atoms in total. The molecule has 1 fully saturated rings. The average Bonchev–Trinajstić information content (AvgIpc) is 2.82. The molecule has 1 aromatic rings. The molecule has 5 heteroatoms. The van der Waals surface area contributed by atoms with Crippen molar-refractivity contribution in [2.75, 3.05) is 20.1 Å². The lowest BCUT2D eigenvalue weighted by atomic mass is 9.93. The highest BCUT2D eigenvalue weighted by Crippen LogP contribution is 2.18. The zero-order chi connectivity index (χ0) is 13.7. The molecule has 1 amide bonds. The molecular formula is C14H23N3OS. The van der Waals surface area contributed by atoms with Crippen LogP contribution in [0.1, 0.15) is 36.4 Å². The van der Waals surface area contributed by atoms with Gasteiger partial charge in [-0.05, 0) is 45.2 Å². The summed E-state index contributed by atoms with van der Waals surface area (Å²) in [5.41, 5.74) is 1.00. The Bertz CT molecular complexity index is 413. The van der Waals surface area contributed by atoms with Gasteiger partial charge in [0.25, 0.3) is 0 Å². The minimum absolute atomic E-state index is 0.240. The number of hydrogen-bond donors (Lipinski definition) is 1. The molecule has 0 radical (unpaired) electrons. The van der Waals surface area contributed by atoms with Crippen molar-refractivity contribution in [1.82, 2.24) is 15.2 Å². The Balaban J connectivity index is 1.72. The Kier molecular flexibility index (Phi) is 5.34. The van der Waals surface area contributed by atoms with E-state index in [0.717, 1.165) is 36.1 Å². The van der Waals surface area contributed by atoms with E-state index in [4.69, 9.17) is 0 Å². The molecule has 106 valence electrons. The summed E-state index contributed by atoms with van der Waals surface area (Å²) in [6.45, 7) is 4.84. The minimum atomic E-state index is 0.240. The first-order valence-corrected chi connectivity index (χ1v) is 7.89. The van der Waals surface area contributed by atoms with Crippen molar-refractivity contribution in [3.05, 3.63) is 16.1 Å². The van der Waals surface area contributed by atoms with Crippen molar-refractivity contribution in [1.29, 1.82) is 0 Å². The van der Waals surface area contributed by atoms with Crippen LogP contribution in [0.15, 0.2) is 5.38 Å². The number of rotatable bonds is 5. The summed E-state index contributed by atoms with van der Waals surface area (Å²) in [5.74, 6) is 0.962. The highest BCUT2D eigenvalue weighted by molar-refractivity contribution is 7.09.